The summed E-state index contributed by atoms with van der Waals surface area (Å²) in [5.41, 5.74) is 14.2. The molecule has 0 spiro atoms. The van der Waals surface area contributed by atoms with E-state index in [1.807, 2.05) is 25.1 Å². The number of anilines is 1. The standard InChI is InChI=1S/C18H25N5O2/c1-3-9-23-14(11-24-4-2)21-16-17(23)12-6-5-7-13(25-10-8-19)15(12)22-18(16)20/h5-7H,3-4,8-11,19H2,1-2H3,(H2,20,22). The number of benzene rings is 1. The maximum atomic E-state index is 6.22. The molecule has 2 aromatic heterocycles. The number of hydrogen-bond donors (Lipinski definition) is 2. The van der Waals surface area contributed by atoms with E-state index in [2.05, 4.69) is 16.5 Å². The first-order valence-corrected chi connectivity index (χ1v) is 8.69. The van der Waals surface area contributed by atoms with Gasteiger partial charge in [-0.1, -0.05) is 19.1 Å². The van der Waals surface area contributed by atoms with Crippen molar-refractivity contribution in [3.05, 3.63) is 24.0 Å². The minimum atomic E-state index is 0.402. The average molecular weight is 343 g/mol. The van der Waals surface area contributed by atoms with Crippen LogP contribution in [0.25, 0.3) is 21.9 Å². The molecule has 0 radical (unpaired) electrons. The third kappa shape index (κ3) is 3.25. The number of nitrogens with zero attached hydrogens (tertiary/aromatic N) is 3. The van der Waals surface area contributed by atoms with Crippen LogP contribution >= 0.6 is 0 Å². The molecule has 0 saturated heterocycles. The summed E-state index contributed by atoms with van der Waals surface area (Å²) in [5.74, 6) is 1.96. The van der Waals surface area contributed by atoms with Gasteiger partial charge in [-0.3, -0.25) is 0 Å². The molecule has 0 bridgehead atoms. The van der Waals surface area contributed by atoms with E-state index in [0.29, 0.717) is 43.4 Å². The van der Waals surface area contributed by atoms with E-state index >= 15 is 0 Å². The highest BCUT2D eigenvalue weighted by molar-refractivity contribution is 6.08. The van der Waals surface area contributed by atoms with Crippen LogP contribution in [-0.2, 0) is 17.9 Å². The topological polar surface area (TPSA) is 101 Å². The van der Waals surface area contributed by atoms with Crippen LogP contribution in [-0.4, -0.2) is 34.3 Å². The largest absolute Gasteiger partial charge is 0.490 e. The Balaban J connectivity index is 2.27. The van der Waals surface area contributed by atoms with Gasteiger partial charge in [0.2, 0.25) is 0 Å². The minimum absolute atomic E-state index is 0.402. The van der Waals surface area contributed by atoms with Gasteiger partial charge in [0.05, 0.1) is 5.52 Å². The Labute approximate surface area is 146 Å². The zero-order chi connectivity index (χ0) is 17.8. The first-order chi connectivity index (χ1) is 12.2. The lowest BCUT2D eigenvalue weighted by molar-refractivity contribution is 0.126. The minimum Gasteiger partial charge on any atom is -0.490 e. The Morgan fingerprint density at radius 2 is 2.00 bits per heavy atom. The second-order valence-electron chi connectivity index (χ2n) is 5.80. The molecule has 3 aromatic rings. The first kappa shape index (κ1) is 17.4. The van der Waals surface area contributed by atoms with Crippen molar-refractivity contribution in [3.63, 3.8) is 0 Å². The monoisotopic (exact) mass is 343 g/mol. The van der Waals surface area contributed by atoms with Crippen LogP contribution < -0.4 is 16.2 Å². The van der Waals surface area contributed by atoms with Crippen LogP contribution in [0.1, 0.15) is 26.1 Å². The van der Waals surface area contributed by atoms with Crippen molar-refractivity contribution in [2.24, 2.45) is 5.73 Å². The van der Waals surface area contributed by atoms with Gasteiger partial charge in [0.25, 0.3) is 0 Å². The van der Waals surface area contributed by atoms with Gasteiger partial charge < -0.3 is 25.5 Å². The third-order valence-electron chi connectivity index (χ3n) is 4.03. The molecule has 0 aliphatic heterocycles. The molecule has 4 N–H and O–H groups in total. The number of imidazole rings is 1. The van der Waals surface area contributed by atoms with E-state index in [4.69, 9.17) is 25.9 Å². The van der Waals surface area contributed by atoms with Crippen molar-refractivity contribution in [1.82, 2.24) is 14.5 Å². The number of ether oxygens (including phenoxy) is 2. The molecule has 2 heterocycles. The fourth-order valence-electron chi connectivity index (χ4n) is 3.01. The zero-order valence-electron chi connectivity index (χ0n) is 14.8. The summed E-state index contributed by atoms with van der Waals surface area (Å²) in [6, 6.07) is 5.87. The van der Waals surface area contributed by atoms with Crippen LogP contribution in [0.3, 0.4) is 0 Å². The van der Waals surface area contributed by atoms with Gasteiger partial charge in [-0.2, -0.15) is 0 Å². The molecular formula is C18H25N5O2. The molecular weight excluding hydrogens is 318 g/mol. The van der Waals surface area contributed by atoms with Gasteiger partial charge in [-0.05, 0) is 19.4 Å². The fourth-order valence-corrected chi connectivity index (χ4v) is 3.01. The number of nitrogens with two attached hydrogens (primary N) is 2. The molecule has 0 fully saturated rings. The fraction of sp³-hybridized carbons (Fsp3) is 0.444. The Bertz CT molecular complexity index is 875. The van der Waals surface area contributed by atoms with Crippen LogP contribution in [0.5, 0.6) is 5.75 Å². The van der Waals surface area contributed by atoms with Gasteiger partial charge in [-0.15, -0.1) is 0 Å². The highest BCUT2D eigenvalue weighted by atomic mass is 16.5. The zero-order valence-corrected chi connectivity index (χ0v) is 14.8. The molecule has 7 nitrogen and oxygen atoms in total. The van der Waals surface area contributed by atoms with Crippen molar-refractivity contribution in [1.29, 1.82) is 0 Å². The van der Waals surface area contributed by atoms with Crippen molar-refractivity contribution in [3.8, 4) is 5.75 Å². The Morgan fingerprint density at radius 3 is 2.72 bits per heavy atom. The number of aryl methyl sites for hydroxylation is 1. The summed E-state index contributed by atoms with van der Waals surface area (Å²) in [7, 11) is 0. The quantitative estimate of drug-likeness (QED) is 0.651. The van der Waals surface area contributed by atoms with Crippen molar-refractivity contribution < 1.29 is 9.47 Å². The maximum Gasteiger partial charge on any atom is 0.152 e. The smallest absolute Gasteiger partial charge is 0.152 e. The Kier molecular flexibility index (Phi) is 5.35. The van der Waals surface area contributed by atoms with E-state index in [1.54, 1.807) is 0 Å². The molecule has 0 atom stereocenters. The molecule has 25 heavy (non-hydrogen) atoms. The molecule has 3 rings (SSSR count). The maximum absolute atomic E-state index is 6.22. The van der Waals surface area contributed by atoms with Crippen LogP contribution in [0.4, 0.5) is 5.82 Å². The summed E-state index contributed by atoms with van der Waals surface area (Å²) >= 11 is 0. The summed E-state index contributed by atoms with van der Waals surface area (Å²) in [4.78, 5) is 9.25. The van der Waals surface area contributed by atoms with Crippen LogP contribution in [0, 0.1) is 0 Å². The average Bonchev–Trinajstić information content (AvgIpc) is 2.98. The highest BCUT2D eigenvalue weighted by Gasteiger charge is 2.18. The summed E-state index contributed by atoms with van der Waals surface area (Å²) < 4.78 is 13.5. The number of para-hydroxylation sites is 1. The van der Waals surface area contributed by atoms with Crippen LogP contribution in [0.15, 0.2) is 18.2 Å². The summed E-state index contributed by atoms with van der Waals surface area (Å²) in [6.45, 7) is 6.92. The number of fused-ring (bicyclic) bond motifs is 3. The van der Waals surface area contributed by atoms with E-state index in [0.717, 1.165) is 35.2 Å². The molecule has 0 unspecified atom stereocenters. The lowest BCUT2D eigenvalue weighted by Gasteiger charge is -2.12. The lowest BCUT2D eigenvalue weighted by atomic mass is 10.1. The van der Waals surface area contributed by atoms with E-state index in [1.165, 1.54) is 0 Å². The third-order valence-corrected chi connectivity index (χ3v) is 4.03. The predicted octanol–water partition coefficient (Wildman–Crippen LogP) is 2.45. The molecule has 134 valence electrons. The highest BCUT2D eigenvalue weighted by Crippen LogP contribution is 2.33. The van der Waals surface area contributed by atoms with Crippen molar-refractivity contribution in [2.45, 2.75) is 33.4 Å². The van der Waals surface area contributed by atoms with Crippen molar-refractivity contribution >= 4 is 27.8 Å². The molecule has 1 aromatic carbocycles. The number of rotatable bonds is 8. The van der Waals surface area contributed by atoms with Gasteiger partial charge in [0.15, 0.2) is 5.82 Å². The number of hydrogen-bond acceptors (Lipinski definition) is 6. The number of aromatic nitrogens is 3. The molecule has 0 aliphatic carbocycles. The second kappa shape index (κ2) is 7.67. The van der Waals surface area contributed by atoms with Crippen LogP contribution in [0.2, 0.25) is 0 Å². The summed E-state index contributed by atoms with van der Waals surface area (Å²) in [6.07, 6.45) is 0.984. The SMILES string of the molecule is CCCn1c(COCC)nc2c(N)nc3c(OCCN)cccc3c21. The van der Waals surface area contributed by atoms with Gasteiger partial charge in [0.1, 0.15) is 35.8 Å². The van der Waals surface area contributed by atoms with Gasteiger partial charge >= 0.3 is 0 Å². The molecule has 7 heteroatoms. The molecule has 0 aliphatic rings. The van der Waals surface area contributed by atoms with Gasteiger partial charge in [-0.25, -0.2) is 9.97 Å². The lowest BCUT2D eigenvalue weighted by Crippen LogP contribution is -2.11. The summed E-state index contributed by atoms with van der Waals surface area (Å²) in [5, 5.41) is 0.974. The molecule has 0 amide bonds. The first-order valence-electron chi connectivity index (χ1n) is 8.69. The van der Waals surface area contributed by atoms with E-state index < -0.39 is 0 Å². The second-order valence-corrected chi connectivity index (χ2v) is 5.80. The number of nitrogen functional groups attached to an aromatic ring is 1. The van der Waals surface area contributed by atoms with Gasteiger partial charge in [0, 0.05) is 25.1 Å². The number of pyridine rings is 1. The van der Waals surface area contributed by atoms with E-state index in [9.17, 15) is 0 Å². The Hall–Kier alpha value is -2.38. The molecule has 0 saturated carbocycles. The predicted molar refractivity (Wildman–Crippen MR) is 99.6 cm³/mol. The van der Waals surface area contributed by atoms with E-state index in [-0.39, 0.29) is 0 Å². The Morgan fingerprint density at radius 1 is 1.16 bits per heavy atom. The normalized spacial score (nSPS) is 11.5. The van der Waals surface area contributed by atoms with Crippen molar-refractivity contribution in [2.75, 3.05) is 25.5 Å².